The van der Waals surface area contributed by atoms with E-state index >= 15 is 0 Å². The van der Waals surface area contributed by atoms with Gasteiger partial charge in [0.2, 0.25) is 0 Å². The highest BCUT2D eigenvalue weighted by Crippen LogP contribution is 2.33. The second-order valence-corrected chi connectivity index (χ2v) is 5.20. The maximum atomic E-state index is 12.3. The number of aliphatic hydroxyl groups excluding tert-OH is 1. The molecule has 0 radical (unpaired) electrons. The smallest absolute Gasteiger partial charge is 0.271 e. The van der Waals surface area contributed by atoms with Crippen molar-refractivity contribution < 1.29 is 14.6 Å². The first-order valence-electron chi connectivity index (χ1n) is 6.59. The van der Waals surface area contributed by atoms with Crippen molar-refractivity contribution in [2.75, 3.05) is 33.4 Å². The summed E-state index contributed by atoms with van der Waals surface area (Å²) in [5.74, 6) is -0.0487. The monoisotopic (exact) mass is 267 g/mol. The summed E-state index contributed by atoms with van der Waals surface area (Å²) in [4.78, 5) is 14.1. The SMILES string of the molecule is COCC[C@]1(CO)CCCN(C(=O)c2ccn[nH]2)C1. The number of nitrogens with one attached hydrogen (secondary N) is 1. The molecule has 1 atom stereocenters. The van der Waals surface area contributed by atoms with Gasteiger partial charge in [-0.1, -0.05) is 0 Å². The van der Waals surface area contributed by atoms with Gasteiger partial charge in [-0.2, -0.15) is 5.10 Å². The van der Waals surface area contributed by atoms with Crippen molar-refractivity contribution >= 4 is 5.91 Å². The van der Waals surface area contributed by atoms with E-state index in [1.165, 1.54) is 0 Å². The summed E-state index contributed by atoms with van der Waals surface area (Å²) in [5, 5.41) is 16.2. The van der Waals surface area contributed by atoms with Gasteiger partial charge in [-0.15, -0.1) is 0 Å². The highest BCUT2D eigenvalue weighted by atomic mass is 16.5. The fraction of sp³-hybridized carbons (Fsp3) is 0.692. The molecule has 1 saturated heterocycles. The topological polar surface area (TPSA) is 78.5 Å². The summed E-state index contributed by atoms with van der Waals surface area (Å²) in [6, 6.07) is 1.67. The van der Waals surface area contributed by atoms with E-state index in [2.05, 4.69) is 10.2 Å². The molecule has 6 nitrogen and oxygen atoms in total. The lowest BCUT2D eigenvalue weighted by Crippen LogP contribution is -2.48. The van der Waals surface area contributed by atoms with Crippen LogP contribution in [0.4, 0.5) is 0 Å². The van der Waals surface area contributed by atoms with E-state index in [-0.39, 0.29) is 17.9 Å². The van der Waals surface area contributed by atoms with Crippen LogP contribution in [0.3, 0.4) is 0 Å². The fourth-order valence-electron chi connectivity index (χ4n) is 2.66. The lowest BCUT2D eigenvalue weighted by molar-refractivity contribution is 0.00873. The molecule has 0 saturated carbocycles. The highest BCUT2D eigenvalue weighted by Gasteiger charge is 2.36. The maximum Gasteiger partial charge on any atom is 0.271 e. The molecule has 0 bridgehead atoms. The van der Waals surface area contributed by atoms with Gasteiger partial charge in [0.15, 0.2) is 0 Å². The van der Waals surface area contributed by atoms with Crippen molar-refractivity contribution in [2.45, 2.75) is 19.3 Å². The Morgan fingerprint density at radius 2 is 2.53 bits per heavy atom. The molecule has 1 aromatic heterocycles. The summed E-state index contributed by atoms with van der Waals surface area (Å²) in [6.07, 6.45) is 4.18. The van der Waals surface area contributed by atoms with Gasteiger partial charge in [0.05, 0.1) is 6.61 Å². The minimum Gasteiger partial charge on any atom is -0.396 e. The van der Waals surface area contributed by atoms with Crippen LogP contribution in [0, 0.1) is 5.41 Å². The molecular weight excluding hydrogens is 246 g/mol. The number of aromatic amines is 1. The van der Waals surface area contributed by atoms with Crippen molar-refractivity contribution in [3.63, 3.8) is 0 Å². The Kier molecular flexibility index (Phi) is 4.55. The first-order chi connectivity index (χ1) is 9.21. The molecule has 0 aliphatic carbocycles. The molecule has 1 aliphatic heterocycles. The molecule has 0 unspecified atom stereocenters. The third-order valence-electron chi connectivity index (χ3n) is 3.85. The van der Waals surface area contributed by atoms with E-state index in [9.17, 15) is 9.90 Å². The van der Waals surface area contributed by atoms with Crippen LogP contribution >= 0.6 is 0 Å². The van der Waals surface area contributed by atoms with Gasteiger partial charge in [0.1, 0.15) is 5.69 Å². The number of amides is 1. The predicted molar refractivity (Wildman–Crippen MR) is 69.7 cm³/mol. The zero-order valence-corrected chi connectivity index (χ0v) is 11.3. The molecule has 19 heavy (non-hydrogen) atoms. The Bertz CT molecular complexity index is 407. The number of likely N-dealkylation sites (tertiary alicyclic amines) is 1. The molecule has 2 N–H and O–H groups in total. The van der Waals surface area contributed by atoms with E-state index in [1.54, 1.807) is 24.3 Å². The molecule has 1 aliphatic rings. The third-order valence-corrected chi connectivity index (χ3v) is 3.85. The molecule has 1 amide bonds. The number of rotatable bonds is 5. The van der Waals surface area contributed by atoms with Gasteiger partial charge in [-0.3, -0.25) is 9.89 Å². The fourth-order valence-corrected chi connectivity index (χ4v) is 2.66. The van der Waals surface area contributed by atoms with E-state index in [4.69, 9.17) is 4.74 Å². The lowest BCUT2D eigenvalue weighted by Gasteiger charge is -2.41. The number of hydrogen-bond donors (Lipinski definition) is 2. The minimum absolute atomic E-state index is 0.0487. The lowest BCUT2D eigenvalue weighted by atomic mass is 9.78. The molecule has 2 heterocycles. The van der Waals surface area contributed by atoms with Gasteiger partial charge in [-0.05, 0) is 25.3 Å². The average molecular weight is 267 g/mol. The standard InChI is InChI=1S/C13H21N3O3/c1-19-8-5-13(10-17)4-2-7-16(9-13)12(18)11-3-6-14-15-11/h3,6,17H,2,4-5,7-10H2,1H3,(H,14,15)/t13-/m1/s1. The molecule has 1 fully saturated rings. The number of carbonyl (C=O) groups excluding carboxylic acids is 1. The first kappa shape index (κ1) is 14.0. The number of aliphatic hydroxyl groups is 1. The van der Waals surface area contributed by atoms with Gasteiger partial charge in [0.25, 0.3) is 5.91 Å². The Balaban J connectivity index is 2.05. The zero-order chi connectivity index (χ0) is 13.7. The summed E-state index contributed by atoms with van der Waals surface area (Å²) < 4.78 is 5.11. The van der Waals surface area contributed by atoms with Crippen LogP contribution in [0.25, 0.3) is 0 Å². The summed E-state index contributed by atoms with van der Waals surface area (Å²) in [7, 11) is 1.65. The highest BCUT2D eigenvalue weighted by molar-refractivity contribution is 5.92. The number of aromatic nitrogens is 2. The van der Waals surface area contributed by atoms with E-state index in [0.29, 0.717) is 18.8 Å². The number of nitrogens with zero attached hydrogens (tertiary/aromatic N) is 2. The predicted octanol–water partition coefficient (Wildman–Crippen LogP) is 0.661. The van der Waals surface area contributed by atoms with E-state index in [0.717, 1.165) is 25.8 Å². The van der Waals surface area contributed by atoms with Crippen LogP contribution in [0.1, 0.15) is 29.8 Å². The Labute approximate surface area is 112 Å². The number of ether oxygens (including phenoxy) is 1. The second-order valence-electron chi connectivity index (χ2n) is 5.20. The van der Waals surface area contributed by atoms with E-state index < -0.39 is 0 Å². The molecule has 6 heteroatoms. The quantitative estimate of drug-likeness (QED) is 0.821. The normalized spacial score (nSPS) is 23.6. The van der Waals surface area contributed by atoms with Crippen molar-refractivity contribution in [1.82, 2.24) is 15.1 Å². The number of hydrogen-bond acceptors (Lipinski definition) is 4. The van der Waals surface area contributed by atoms with Gasteiger partial charge in [-0.25, -0.2) is 0 Å². The third kappa shape index (κ3) is 3.13. The van der Waals surface area contributed by atoms with Gasteiger partial charge >= 0.3 is 0 Å². The summed E-state index contributed by atoms with van der Waals surface area (Å²) in [5.41, 5.74) is 0.268. The Morgan fingerprint density at radius 3 is 3.16 bits per heavy atom. The van der Waals surface area contributed by atoms with E-state index in [1.807, 2.05) is 0 Å². The number of H-pyrrole nitrogens is 1. The van der Waals surface area contributed by atoms with Crippen LogP contribution in [0.15, 0.2) is 12.3 Å². The molecule has 1 aromatic rings. The molecule has 0 spiro atoms. The van der Waals surface area contributed by atoms with Gasteiger partial charge < -0.3 is 14.7 Å². The van der Waals surface area contributed by atoms with Crippen molar-refractivity contribution in [3.8, 4) is 0 Å². The zero-order valence-electron chi connectivity index (χ0n) is 11.3. The maximum absolute atomic E-state index is 12.3. The van der Waals surface area contributed by atoms with Crippen LogP contribution in [0.2, 0.25) is 0 Å². The Hall–Kier alpha value is -1.40. The van der Waals surface area contributed by atoms with Crippen molar-refractivity contribution in [2.24, 2.45) is 5.41 Å². The molecule has 2 rings (SSSR count). The molecular formula is C13H21N3O3. The van der Waals surface area contributed by atoms with Crippen LogP contribution < -0.4 is 0 Å². The Morgan fingerprint density at radius 1 is 1.68 bits per heavy atom. The summed E-state index contributed by atoms with van der Waals surface area (Å²) >= 11 is 0. The second kappa shape index (κ2) is 6.16. The number of methoxy groups -OCH3 is 1. The molecule has 106 valence electrons. The first-order valence-corrected chi connectivity index (χ1v) is 6.59. The largest absolute Gasteiger partial charge is 0.396 e. The van der Waals surface area contributed by atoms with Crippen molar-refractivity contribution in [3.05, 3.63) is 18.0 Å². The van der Waals surface area contributed by atoms with Crippen LogP contribution in [-0.4, -0.2) is 59.5 Å². The minimum atomic E-state index is -0.232. The average Bonchev–Trinajstić information content (AvgIpc) is 2.99. The summed E-state index contributed by atoms with van der Waals surface area (Å²) in [6.45, 7) is 1.99. The van der Waals surface area contributed by atoms with Crippen molar-refractivity contribution in [1.29, 1.82) is 0 Å². The molecule has 0 aromatic carbocycles. The number of piperidine rings is 1. The van der Waals surface area contributed by atoms with Crippen LogP contribution in [0.5, 0.6) is 0 Å². The van der Waals surface area contributed by atoms with Gasteiger partial charge in [0, 0.05) is 38.4 Å². The number of carbonyl (C=O) groups is 1. The van der Waals surface area contributed by atoms with Crippen LogP contribution in [-0.2, 0) is 4.74 Å².